The molecule has 0 radical (unpaired) electrons. The van der Waals surface area contributed by atoms with E-state index in [0.29, 0.717) is 5.71 Å². The van der Waals surface area contributed by atoms with E-state index in [-0.39, 0.29) is 12.2 Å². The van der Waals surface area contributed by atoms with Gasteiger partial charge in [0, 0.05) is 23.8 Å². The Morgan fingerprint density at radius 2 is 1.93 bits per heavy atom. The van der Waals surface area contributed by atoms with Crippen molar-refractivity contribution in [3.63, 3.8) is 0 Å². The van der Waals surface area contributed by atoms with Gasteiger partial charge in [0.1, 0.15) is 0 Å². The summed E-state index contributed by atoms with van der Waals surface area (Å²) in [6.45, 7) is 1.53. The zero-order valence-electron chi connectivity index (χ0n) is 15.4. The molecular formula is C20H18F3N5O. The van der Waals surface area contributed by atoms with E-state index in [1.54, 1.807) is 19.4 Å². The van der Waals surface area contributed by atoms with Crippen LogP contribution in [-0.4, -0.2) is 27.7 Å². The molecule has 3 aromatic rings. The van der Waals surface area contributed by atoms with E-state index in [0.717, 1.165) is 23.4 Å². The lowest BCUT2D eigenvalue weighted by atomic mass is 10.1. The van der Waals surface area contributed by atoms with Crippen LogP contribution in [0.5, 0.6) is 0 Å². The standard InChI is InChI=1S/C20H18F3N5O/c1-14(15-5-7-18(8-6-15)28-10-9-24-13-28)26-27-19(29)12-25-17-4-2-3-16(11-17)20(21,22)23/h2-11,13,25H,12H2,1H3,(H,27,29). The quantitative estimate of drug-likeness (QED) is 0.487. The van der Waals surface area contributed by atoms with Gasteiger partial charge >= 0.3 is 6.18 Å². The Labute approximate surface area is 165 Å². The molecule has 6 nitrogen and oxygen atoms in total. The van der Waals surface area contributed by atoms with Crippen molar-refractivity contribution in [1.29, 1.82) is 0 Å². The zero-order valence-corrected chi connectivity index (χ0v) is 15.4. The summed E-state index contributed by atoms with van der Waals surface area (Å²) in [4.78, 5) is 15.9. The average molecular weight is 401 g/mol. The Bertz CT molecular complexity index is 996. The van der Waals surface area contributed by atoms with Crippen LogP contribution in [0.25, 0.3) is 5.69 Å². The number of halogens is 3. The third-order valence-corrected chi connectivity index (χ3v) is 4.08. The van der Waals surface area contributed by atoms with E-state index in [9.17, 15) is 18.0 Å². The second-order valence-electron chi connectivity index (χ2n) is 6.18. The molecular weight excluding hydrogens is 383 g/mol. The number of aromatic nitrogens is 2. The van der Waals surface area contributed by atoms with Gasteiger partial charge in [-0.25, -0.2) is 10.4 Å². The summed E-state index contributed by atoms with van der Waals surface area (Å²) in [5, 5.41) is 6.69. The van der Waals surface area contributed by atoms with Crippen molar-refractivity contribution in [3.05, 3.63) is 78.4 Å². The summed E-state index contributed by atoms with van der Waals surface area (Å²) >= 11 is 0. The minimum Gasteiger partial charge on any atom is -0.376 e. The molecule has 0 saturated heterocycles. The smallest absolute Gasteiger partial charge is 0.376 e. The first-order chi connectivity index (χ1) is 13.8. The average Bonchev–Trinajstić information content (AvgIpc) is 3.25. The molecule has 29 heavy (non-hydrogen) atoms. The highest BCUT2D eigenvalue weighted by molar-refractivity contribution is 5.99. The van der Waals surface area contributed by atoms with E-state index < -0.39 is 17.6 Å². The molecule has 9 heteroatoms. The third kappa shape index (κ3) is 5.44. The van der Waals surface area contributed by atoms with Gasteiger partial charge in [0.25, 0.3) is 5.91 Å². The summed E-state index contributed by atoms with van der Waals surface area (Å²) in [5.41, 5.74) is 4.16. The van der Waals surface area contributed by atoms with Gasteiger partial charge in [-0.05, 0) is 42.8 Å². The van der Waals surface area contributed by atoms with Gasteiger partial charge < -0.3 is 9.88 Å². The van der Waals surface area contributed by atoms with Crippen LogP contribution in [0.2, 0.25) is 0 Å². The predicted octanol–water partition coefficient (Wildman–Crippen LogP) is 3.84. The van der Waals surface area contributed by atoms with Crippen LogP contribution in [0.3, 0.4) is 0 Å². The number of rotatable bonds is 6. The van der Waals surface area contributed by atoms with Gasteiger partial charge in [0.2, 0.25) is 0 Å². The SMILES string of the molecule is CC(=NNC(=O)CNc1cccc(C(F)(F)F)c1)c1ccc(-n2ccnc2)cc1. The van der Waals surface area contributed by atoms with E-state index in [2.05, 4.69) is 20.8 Å². The van der Waals surface area contributed by atoms with Crippen molar-refractivity contribution in [2.24, 2.45) is 5.10 Å². The summed E-state index contributed by atoms with van der Waals surface area (Å²) in [6, 6.07) is 12.2. The maximum Gasteiger partial charge on any atom is 0.416 e. The van der Waals surface area contributed by atoms with Crippen LogP contribution in [0.1, 0.15) is 18.1 Å². The van der Waals surface area contributed by atoms with Crippen LogP contribution in [0.4, 0.5) is 18.9 Å². The number of amides is 1. The summed E-state index contributed by atoms with van der Waals surface area (Å²) in [7, 11) is 0. The first-order valence-electron chi connectivity index (χ1n) is 8.66. The summed E-state index contributed by atoms with van der Waals surface area (Å²) in [6.07, 6.45) is 0.763. The predicted molar refractivity (Wildman–Crippen MR) is 104 cm³/mol. The van der Waals surface area contributed by atoms with E-state index in [1.165, 1.54) is 12.1 Å². The lowest BCUT2D eigenvalue weighted by Gasteiger charge is -2.10. The van der Waals surface area contributed by atoms with Crippen molar-refractivity contribution in [2.75, 3.05) is 11.9 Å². The minimum absolute atomic E-state index is 0.200. The molecule has 0 aliphatic carbocycles. The molecule has 0 fully saturated rings. The molecule has 1 amide bonds. The van der Waals surface area contributed by atoms with Gasteiger partial charge in [-0.1, -0.05) is 18.2 Å². The number of hydrazone groups is 1. The number of alkyl halides is 3. The van der Waals surface area contributed by atoms with E-state index >= 15 is 0 Å². The molecule has 3 rings (SSSR count). The van der Waals surface area contributed by atoms with Crippen LogP contribution >= 0.6 is 0 Å². The number of carbonyl (C=O) groups is 1. The van der Waals surface area contributed by atoms with E-state index in [4.69, 9.17) is 0 Å². The fourth-order valence-corrected chi connectivity index (χ4v) is 2.52. The highest BCUT2D eigenvalue weighted by Crippen LogP contribution is 2.30. The summed E-state index contributed by atoms with van der Waals surface area (Å²) < 4.78 is 40.0. The topological polar surface area (TPSA) is 71.3 Å². The second-order valence-corrected chi connectivity index (χ2v) is 6.18. The van der Waals surface area contributed by atoms with Gasteiger partial charge in [-0.15, -0.1) is 0 Å². The number of hydrogen-bond donors (Lipinski definition) is 2. The molecule has 0 unspecified atom stereocenters. The number of nitrogens with zero attached hydrogens (tertiary/aromatic N) is 3. The first-order valence-corrected chi connectivity index (χ1v) is 8.66. The maximum absolute atomic E-state index is 12.7. The number of benzene rings is 2. The largest absolute Gasteiger partial charge is 0.416 e. The highest BCUT2D eigenvalue weighted by atomic mass is 19.4. The fraction of sp³-hybridized carbons (Fsp3) is 0.150. The molecule has 0 spiro atoms. The second kappa shape index (κ2) is 8.59. The highest BCUT2D eigenvalue weighted by Gasteiger charge is 2.30. The molecule has 1 heterocycles. The van der Waals surface area contributed by atoms with Crippen LogP contribution in [-0.2, 0) is 11.0 Å². The Hall–Kier alpha value is -3.62. The normalized spacial score (nSPS) is 11.9. The number of hydrogen-bond acceptors (Lipinski definition) is 4. The number of anilines is 1. The third-order valence-electron chi connectivity index (χ3n) is 4.08. The monoisotopic (exact) mass is 401 g/mol. The summed E-state index contributed by atoms with van der Waals surface area (Å²) in [5.74, 6) is -0.475. The Balaban J connectivity index is 1.55. The first kappa shape index (κ1) is 20.1. The van der Waals surface area contributed by atoms with Crippen molar-refractivity contribution in [1.82, 2.24) is 15.0 Å². The fourth-order valence-electron chi connectivity index (χ4n) is 2.52. The van der Waals surface area contributed by atoms with Crippen molar-refractivity contribution >= 4 is 17.3 Å². The molecule has 0 bridgehead atoms. The molecule has 0 atom stereocenters. The van der Waals surface area contributed by atoms with Gasteiger partial charge in [-0.3, -0.25) is 4.79 Å². The zero-order chi connectivity index (χ0) is 20.9. The Kier molecular flexibility index (Phi) is 5.96. The number of carbonyl (C=O) groups excluding carboxylic acids is 1. The minimum atomic E-state index is -4.44. The van der Waals surface area contributed by atoms with Crippen LogP contribution in [0.15, 0.2) is 72.4 Å². The van der Waals surface area contributed by atoms with Crippen molar-refractivity contribution in [3.8, 4) is 5.69 Å². The maximum atomic E-state index is 12.7. The van der Waals surface area contributed by atoms with E-state index in [1.807, 2.05) is 35.0 Å². The lowest BCUT2D eigenvalue weighted by Crippen LogP contribution is -2.26. The van der Waals surface area contributed by atoms with Gasteiger partial charge in [0.15, 0.2) is 0 Å². The van der Waals surface area contributed by atoms with Crippen molar-refractivity contribution in [2.45, 2.75) is 13.1 Å². The molecule has 2 aromatic carbocycles. The molecule has 2 N–H and O–H groups in total. The number of nitrogens with one attached hydrogen (secondary N) is 2. The van der Waals surface area contributed by atoms with Crippen LogP contribution < -0.4 is 10.7 Å². The molecule has 1 aromatic heterocycles. The van der Waals surface area contributed by atoms with Crippen molar-refractivity contribution < 1.29 is 18.0 Å². The Morgan fingerprint density at radius 3 is 2.59 bits per heavy atom. The molecule has 0 saturated carbocycles. The molecule has 0 aliphatic heterocycles. The van der Waals surface area contributed by atoms with Gasteiger partial charge in [0.05, 0.1) is 24.1 Å². The van der Waals surface area contributed by atoms with Gasteiger partial charge in [-0.2, -0.15) is 18.3 Å². The number of imidazole rings is 1. The van der Waals surface area contributed by atoms with Crippen LogP contribution in [0, 0.1) is 0 Å². The lowest BCUT2D eigenvalue weighted by molar-refractivity contribution is -0.137. The molecule has 0 aliphatic rings. The Morgan fingerprint density at radius 1 is 1.17 bits per heavy atom. The molecule has 150 valence electrons.